The topological polar surface area (TPSA) is 30.5 Å². The summed E-state index contributed by atoms with van der Waals surface area (Å²) in [7, 11) is 1.69. The van der Waals surface area contributed by atoms with E-state index in [2.05, 4.69) is 17.4 Å². The highest BCUT2D eigenvalue weighted by molar-refractivity contribution is 7.99. The molecular weight excluding hydrogens is 258 g/mol. The highest BCUT2D eigenvalue weighted by Gasteiger charge is 1.95. The number of hydrogen-bond donors (Lipinski definition) is 1. The first-order valence-electron chi connectivity index (χ1n) is 6.92. The van der Waals surface area contributed by atoms with Crippen molar-refractivity contribution in [2.45, 2.75) is 24.7 Å². The Balaban J connectivity index is 1.95. The lowest BCUT2D eigenvalue weighted by Crippen LogP contribution is -2.18. The summed E-state index contributed by atoms with van der Waals surface area (Å²) in [4.78, 5) is 1.29. The molecule has 0 atom stereocenters. The zero-order valence-electron chi connectivity index (χ0n) is 12.0. The van der Waals surface area contributed by atoms with Gasteiger partial charge in [-0.05, 0) is 50.6 Å². The molecule has 1 aromatic carbocycles. The lowest BCUT2D eigenvalue weighted by Gasteiger charge is -2.06. The molecule has 0 aliphatic rings. The van der Waals surface area contributed by atoms with E-state index in [9.17, 15) is 0 Å². The number of unbranched alkanes of at least 4 members (excludes halogenated alkanes) is 1. The average Bonchev–Trinajstić information content (AvgIpc) is 2.46. The minimum Gasteiger partial charge on any atom is -0.497 e. The van der Waals surface area contributed by atoms with Gasteiger partial charge in [-0.15, -0.1) is 11.8 Å². The first kappa shape index (κ1) is 16.3. The monoisotopic (exact) mass is 283 g/mol. The van der Waals surface area contributed by atoms with Gasteiger partial charge in [0, 0.05) is 30.4 Å². The van der Waals surface area contributed by atoms with E-state index < -0.39 is 0 Å². The fourth-order valence-electron chi connectivity index (χ4n) is 1.64. The molecule has 0 unspecified atom stereocenters. The van der Waals surface area contributed by atoms with Gasteiger partial charge in [-0.1, -0.05) is 0 Å². The summed E-state index contributed by atoms with van der Waals surface area (Å²) in [5, 5.41) is 3.45. The van der Waals surface area contributed by atoms with E-state index in [1.165, 1.54) is 11.3 Å². The molecule has 0 bridgehead atoms. The van der Waals surface area contributed by atoms with Crippen LogP contribution in [-0.4, -0.2) is 39.2 Å². The van der Waals surface area contributed by atoms with Crippen LogP contribution in [0.5, 0.6) is 5.75 Å². The van der Waals surface area contributed by atoms with E-state index in [1.54, 1.807) is 7.11 Å². The summed E-state index contributed by atoms with van der Waals surface area (Å²) in [5.74, 6) is 2.01. The summed E-state index contributed by atoms with van der Waals surface area (Å²) in [6, 6.07) is 8.21. The molecule has 0 amide bonds. The molecule has 0 spiro atoms. The molecule has 0 aromatic heterocycles. The van der Waals surface area contributed by atoms with Gasteiger partial charge in [-0.25, -0.2) is 0 Å². The molecule has 3 nitrogen and oxygen atoms in total. The van der Waals surface area contributed by atoms with Crippen LogP contribution in [0.25, 0.3) is 0 Å². The molecule has 0 radical (unpaired) electrons. The predicted molar refractivity (Wildman–Crippen MR) is 82.3 cm³/mol. The van der Waals surface area contributed by atoms with Crippen LogP contribution in [0, 0.1) is 0 Å². The van der Waals surface area contributed by atoms with Crippen LogP contribution in [0.4, 0.5) is 0 Å². The van der Waals surface area contributed by atoms with Crippen molar-refractivity contribution in [2.75, 3.05) is 39.2 Å². The van der Waals surface area contributed by atoms with Crippen molar-refractivity contribution in [3.63, 3.8) is 0 Å². The van der Waals surface area contributed by atoms with Crippen LogP contribution in [-0.2, 0) is 4.74 Å². The van der Waals surface area contributed by atoms with Crippen LogP contribution < -0.4 is 10.1 Å². The van der Waals surface area contributed by atoms with Crippen molar-refractivity contribution in [2.24, 2.45) is 0 Å². The Bertz CT molecular complexity index is 316. The van der Waals surface area contributed by atoms with Crippen molar-refractivity contribution in [1.29, 1.82) is 0 Å². The number of rotatable bonds is 11. The number of ether oxygens (including phenoxy) is 2. The molecule has 0 fully saturated rings. The molecule has 0 saturated carbocycles. The first-order chi connectivity index (χ1) is 9.36. The third-order valence-corrected chi connectivity index (χ3v) is 3.72. The van der Waals surface area contributed by atoms with Crippen LogP contribution >= 0.6 is 11.8 Å². The van der Waals surface area contributed by atoms with Gasteiger partial charge in [-0.2, -0.15) is 0 Å². The fourth-order valence-corrected chi connectivity index (χ4v) is 2.45. The van der Waals surface area contributed by atoms with Gasteiger partial charge in [0.1, 0.15) is 5.75 Å². The van der Waals surface area contributed by atoms with Crippen LogP contribution in [0.2, 0.25) is 0 Å². The van der Waals surface area contributed by atoms with Crippen LogP contribution in [0.3, 0.4) is 0 Å². The van der Waals surface area contributed by atoms with E-state index in [4.69, 9.17) is 9.47 Å². The van der Waals surface area contributed by atoms with Crippen molar-refractivity contribution in [1.82, 2.24) is 5.32 Å². The largest absolute Gasteiger partial charge is 0.497 e. The van der Waals surface area contributed by atoms with Crippen molar-refractivity contribution in [3.8, 4) is 5.75 Å². The summed E-state index contributed by atoms with van der Waals surface area (Å²) in [6.45, 7) is 5.88. The number of methoxy groups -OCH3 is 1. The Morgan fingerprint density at radius 1 is 1.11 bits per heavy atom. The Labute approximate surface area is 121 Å². The van der Waals surface area contributed by atoms with E-state index in [0.717, 1.165) is 44.2 Å². The molecule has 0 saturated heterocycles. The number of thioether (sulfide) groups is 1. The van der Waals surface area contributed by atoms with Crippen LogP contribution in [0.15, 0.2) is 29.2 Å². The Morgan fingerprint density at radius 3 is 2.58 bits per heavy atom. The summed E-state index contributed by atoms with van der Waals surface area (Å²) in [6.07, 6.45) is 2.33. The quantitative estimate of drug-likeness (QED) is 0.499. The second-order valence-corrected chi connectivity index (χ2v) is 5.35. The molecule has 19 heavy (non-hydrogen) atoms. The lowest BCUT2D eigenvalue weighted by atomic mass is 10.3. The minimum absolute atomic E-state index is 0.825. The molecule has 108 valence electrons. The van der Waals surface area contributed by atoms with Crippen LogP contribution in [0.1, 0.15) is 19.8 Å². The lowest BCUT2D eigenvalue weighted by molar-refractivity contribution is 0.143. The maximum atomic E-state index is 5.30. The van der Waals surface area contributed by atoms with Gasteiger partial charge in [0.2, 0.25) is 0 Å². The highest BCUT2D eigenvalue weighted by Crippen LogP contribution is 2.20. The SMILES string of the molecule is CCOCCCCNCCSc1ccc(OC)cc1. The Kier molecular flexibility index (Phi) is 9.59. The molecule has 1 N–H and O–H groups in total. The summed E-state index contributed by atoms with van der Waals surface area (Å²) in [5.41, 5.74) is 0. The number of nitrogens with one attached hydrogen (secondary N) is 1. The zero-order chi connectivity index (χ0) is 13.8. The maximum absolute atomic E-state index is 5.30. The normalized spacial score (nSPS) is 10.6. The van der Waals surface area contributed by atoms with E-state index in [1.807, 2.05) is 30.8 Å². The van der Waals surface area contributed by atoms with Gasteiger partial charge in [0.05, 0.1) is 7.11 Å². The third kappa shape index (κ3) is 8.14. The first-order valence-corrected chi connectivity index (χ1v) is 7.90. The third-order valence-electron chi connectivity index (χ3n) is 2.70. The molecular formula is C15H25NO2S. The Hall–Kier alpha value is -0.710. The predicted octanol–water partition coefficient (Wildman–Crippen LogP) is 3.19. The molecule has 0 heterocycles. The van der Waals surface area contributed by atoms with Crippen molar-refractivity contribution < 1.29 is 9.47 Å². The van der Waals surface area contributed by atoms with Gasteiger partial charge < -0.3 is 14.8 Å². The average molecular weight is 283 g/mol. The summed E-state index contributed by atoms with van der Waals surface area (Å²) < 4.78 is 10.4. The molecule has 4 heteroatoms. The van der Waals surface area contributed by atoms with Crippen molar-refractivity contribution >= 4 is 11.8 Å². The van der Waals surface area contributed by atoms with Gasteiger partial charge in [0.15, 0.2) is 0 Å². The number of benzene rings is 1. The highest BCUT2D eigenvalue weighted by atomic mass is 32.2. The second kappa shape index (κ2) is 11.1. The van der Waals surface area contributed by atoms with Crippen molar-refractivity contribution in [3.05, 3.63) is 24.3 Å². The molecule has 0 aliphatic carbocycles. The zero-order valence-corrected chi connectivity index (χ0v) is 12.8. The fraction of sp³-hybridized carbons (Fsp3) is 0.600. The van der Waals surface area contributed by atoms with Gasteiger partial charge in [-0.3, -0.25) is 0 Å². The maximum Gasteiger partial charge on any atom is 0.118 e. The minimum atomic E-state index is 0.825. The molecule has 0 aliphatic heterocycles. The second-order valence-electron chi connectivity index (χ2n) is 4.18. The smallest absolute Gasteiger partial charge is 0.118 e. The number of hydrogen-bond acceptors (Lipinski definition) is 4. The summed E-state index contributed by atoms with van der Waals surface area (Å²) >= 11 is 1.87. The molecule has 1 rings (SSSR count). The van der Waals surface area contributed by atoms with E-state index >= 15 is 0 Å². The molecule has 1 aromatic rings. The van der Waals surface area contributed by atoms with Gasteiger partial charge in [0.25, 0.3) is 0 Å². The van der Waals surface area contributed by atoms with E-state index in [-0.39, 0.29) is 0 Å². The van der Waals surface area contributed by atoms with E-state index in [0.29, 0.717) is 0 Å². The standard InChI is InChI=1S/C15H25NO2S/c1-3-18-12-5-4-10-16-11-13-19-15-8-6-14(17-2)7-9-15/h6-9,16H,3-5,10-13H2,1-2H3. The Morgan fingerprint density at radius 2 is 1.89 bits per heavy atom. The van der Waals surface area contributed by atoms with Gasteiger partial charge >= 0.3 is 0 Å².